The normalized spacial score (nSPS) is 27.8. The third-order valence-electron chi connectivity index (χ3n) is 1.63. The van der Waals surface area contributed by atoms with Crippen LogP contribution in [0.2, 0.25) is 0 Å². The number of hydrogen-bond acceptors (Lipinski definition) is 1. The highest BCUT2D eigenvalue weighted by Gasteiger charge is 2.27. The van der Waals surface area contributed by atoms with Crippen LogP contribution in [-0.2, 0) is 5.11 Å². The van der Waals surface area contributed by atoms with E-state index in [2.05, 4.69) is 0 Å². The summed E-state index contributed by atoms with van der Waals surface area (Å²) in [5.74, 6) is -1.57. The fourth-order valence-corrected chi connectivity index (χ4v) is 1.10. The molecule has 1 rings (SSSR count). The van der Waals surface area contributed by atoms with Gasteiger partial charge in [-0.05, 0) is 12.8 Å². The zero-order valence-electron chi connectivity index (χ0n) is 4.89. The topological polar surface area (TPSA) is 40.1 Å². The summed E-state index contributed by atoms with van der Waals surface area (Å²) in [5, 5.41) is 19.5. The van der Waals surface area contributed by atoms with Gasteiger partial charge < -0.3 is 5.11 Å². The highest BCUT2D eigenvalue weighted by Crippen LogP contribution is 2.25. The van der Waals surface area contributed by atoms with Crippen LogP contribution in [-0.4, -0.2) is 10.9 Å². The van der Waals surface area contributed by atoms with Crippen molar-refractivity contribution in [1.29, 1.82) is 0 Å². The fraction of sp³-hybridized carbons (Fsp3) is 1.00. The van der Waals surface area contributed by atoms with E-state index in [1.54, 1.807) is 0 Å². The van der Waals surface area contributed by atoms with Gasteiger partial charge in [-0.25, -0.2) is 0 Å². The molecular weight excluding hydrogens is 104 g/mol. The van der Waals surface area contributed by atoms with Gasteiger partial charge in [0, 0.05) is 12.8 Å². The minimum atomic E-state index is -1.57. The molecule has 0 heterocycles. The maximum Gasteiger partial charge on any atom is 0.199 e. The van der Waals surface area contributed by atoms with E-state index in [1.165, 1.54) is 0 Å². The Bertz CT molecular complexity index is 70.6. The number of aliphatic hydroxyl groups is 1. The van der Waals surface area contributed by atoms with E-state index in [0.717, 1.165) is 19.3 Å². The van der Waals surface area contributed by atoms with Crippen molar-refractivity contribution in [3.05, 3.63) is 0 Å². The first-order chi connectivity index (χ1) is 3.71. The molecule has 0 spiro atoms. The summed E-state index contributed by atoms with van der Waals surface area (Å²) in [6.45, 7) is 0. The maximum absolute atomic E-state index is 10.7. The third kappa shape index (κ3) is 1.46. The fourth-order valence-electron chi connectivity index (χ4n) is 1.10. The largest absolute Gasteiger partial charge is 0.363 e. The van der Waals surface area contributed by atoms with Gasteiger partial charge in [0.1, 0.15) is 0 Å². The molecule has 1 saturated carbocycles. The SMILES string of the molecule is [O]C1(O)CCCCC1. The molecule has 1 aliphatic carbocycles. The summed E-state index contributed by atoms with van der Waals surface area (Å²) in [5.41, 5.74) is 0. The summed E-state index contributed by atoms with van der Waals surface area (Å²) < 4.78 is 0. The van der Waals surface area contributed by atoms with Crippen molar-refractivity contribution in [2.45, 2.75) is 37.9 Å². The van der Waals surface area contributed by atoms with Gasteiger partial charge >= 0.3 is 0 Å². The molecule has 2 nitrogen and oxygen atoms in total. The van der Waals surface area contributed by atoms with E-state index >= 15 is 0 Å². The van der Waals surface area contributed by atoms with Crippen molar-refractivity contribution in [1.82, 2.24) is 0 Å². The zero-order valence-corrected chi connectivity index (χ0v) is 4.89. The molecule has 47 valence electrons. The molecule has 8 heavy (non-hydrogen) atoms. The van der Waals surface area contributed by atoms with Crippen molar-refractivity contribution in [2.75, 3.05) is 0 Å². The van der Waals surface area contributed by atoms with Crippen LogP contribution < -0.4 is 0 Å². The number of rotatable bonds is 0. The van der Waals surface area contributed by atoms with Gasteiger partial charge in [0.2, 0.25) is 0 Å². The van der Waals surface area contributed by atoms with Gasteiger partial charge in [0.25, 0.3) is 0 Å². The lowest BCUT2D eigenvalue weighted by molar-refractivity contribution is -0.221. The van der Waals surface area contributed by atoms with Crippen molar-refractivity contribution in [2.24, 2.45) is 0 Å². The van der Waals surface area contributed by atoms with E-state index in [9.17, 15) is 5.11 Å². The van der Waals surface area contributed by atoms with Crippen LogP contribution in [0.5, 0.6) is 0 Å². The zero-order chi connectivity index (χ0) is 6.04. The first-order valence-corrected chi connectivity index (χ1v) is 3.13. The summed E-state index contributed by atoms with van der Waals surface area (Å²) >= 11 is 0. The molecule has 0 aromatic rings. The molecule has 1 radical (unpaired) electrons. The average Bonchev–Trinajstić information content (AvgIpc) is 1.65. The Balaban J connectivity index is 2.33. The lowest BCUT2D eigenvalue weighted by Gasteiger charge is -2.22. The van der Waals surface area contributed by atoms with Crippen LogP contribution in [0, 0.1) is 0 Å². The molecule has 0 aliphatic heterocycles. The molecule has 0 saturated heterocycles. The van der Waals surface area contributed by atoms with E-state index in [0.29, 0.717) is 12.8 Å². The Hall–Kier alpha value is -0.0800. The molecule has 1 N–H and O–H groups in total. The quantitative estimate of drug-likeness (QED) is 0.471. The van der Waals surface area contributed by atoms with Gasteiger partial charge in [0.05, 0.1) is 0 Å². The standard InChI is InChI=1S/C6H11O2/c7-6(8)4-2-1-3-5-6/h7H,1-5H2. The lowest BCUT2D eigenvalue weighted by Crippen LogP contribution is -2.28. The van der Waals surface area contributed by atoms with Crippen LogP contribution in [0.15, 0.2) is 0 Å². The summed E-state index contributed by atoms with van der Waals surface area (Å²) in [6.07, 6.45) is 3.82. The van der Waals surface area contributed by atoms with Crippen molar-refractivity contribution < 1.29 is 10.2 Å². The lowest BCUT2D eigenvalue weighted by atomic mass is 9.95. The van der Waals surface area contributed by atoms with Crippen molar-refractivity contribution >= 4 is 0 Å². The van der Waals surface area contributed by atoms with E-state index in [4.69, 9.17) is 5.11 Å². The average molecular weight is 115 g/mol. The predicted molar refractivity (Wildman–Crippen MR) is 28.7 cm³/mol. The van der Waals surface area contributed by atoms with Gasteiger partial charge in [-0.3, -0.25) is 0 Å². The van der Waals surface area contributed by atoms with E-state index < -0.39 is 5.79 Å². The molecule has 0 aromatic heterocycles. The van der Waals surface area contributed by atoms with Crippen LogP contribution in [0.25, 0.3) is 0 Å². The molecule has 0 bridgehead atoms. The molecule has 0 unspecified atom stereocenters. The summed E-state index contributed by atoms with van der Waals surface area (Å²) in [4.78, 5) is 0. The minimum absolute atomic E-state index is 0.451. The monoisotopic (exact) mass is 115 g/mol. The van der Waals surface area contributed by atoms with Crippen molar-refractivity contribution in [3.8, 4) is 0 Å². The first kappa shape index (κ1) is 6.05. The Morgan fingerprint density at radius 1 is 1.12 bits per heavy atom. The Kier molecular flexibility index (Phi) is 1.54. The van der Waals surface area contributed by atoms with E-state index in [-0.39, 0.29) is 0 Å². The highest BCUT2D eigenvalue weighted by atomic mass is 16.5. The van der Waals surface area contributed by atoms with Gasteiger partial charge in [0.15, 0.2) is 5.79 Å². The second-order valence-electron chi connectivity index (χ2n) is 2.51. The van der Waals surface area contributed by atoms with Crippen LogP contribution in [0.4, 0.5) is 0 Å². The molecule has 1 fully saturated rings. The van der Waals surface area contributed by atoms with E-state index in [1.807, 2.05) is 0 Å². The molecule has 0 atom stereocenters. The third-order valence-corrected chi connectivity index (χ3v) is 1.63. The van der Waals surface area contributed by atoms with Crippen LogP contribution in [0.1, 0.15) is 32.1 Å². The first-order valence-electron chi connectivity index (χ1n) is 3.13. The Morgan fingerprint density at radius 3 is 1.88 bits per heavy atom. The molecule has 0 amide bonds. The number of hydrogen-bond donors (Lipinski definition) is 1. The summed E-state index contributed by atoms with van der Waals surface area (Å²) in [7, 11) is 0. The maximum atomic E-state index is 10.7. The Labute approximate surface area is 49.1 Å². The molecule has 1 aliphatic rings. The predicted octanol–water partition coefficient (Wildman–Crippen LogP) is 1.07. The van der Waals surface area contributed by atoms with Crippen LogP contribution >= 0.6 is 0 Å². The van der Waals surface area contributed by atoms with Gasteiger partial charge in [-0.15, -0.1) is 0 Å². The Morgan fingerprint density at radius 2 is 1.62 bits per heavy atom. The molecule has 2 heteroatoms. The minimum Gasteiger partial charge on any atom is -0.363 e. The van der Waals surface area contributed by atoms with Gasteiger partial charge in [-0.2, -0.15) is 5.11 Å². The second-order valence-corrected chi connectivity index (χ2v) is 2.51. The summed E-state index contributed by atoms with van der Waals surface area (Å²) in [6, 6.07) is 0. The molecular formula is C6H11O2. The highest BCUT2D eigenvalue weighted by molar-refractivity contribution is 4.69. The van der Waals surface area contributed by atoms with Crippen molar-refractivity contribution in [3.63, 3.8) is 0 Å². The van der Waals surface area contributed by atoms with Gasteiger partial charge in [-0.1, -0.05) is 6.42 Å². The van der Waals surface area contributed by atoms with Crippen LogP contribution in [0.3, 0.4) is 0 Å². The molecule has 0 aromatic carbocycles. The second kappa shape index (κ2) is 2.03. The smallest absolute Gasteiger partial charge is 0.199 e.